The van der Waals surface area contributed by atoms with Gasteiger partial charge in [0.2, 0.25) is 0 Å². The van der Waals surface area contributed by atoms with Gasteiger partial charge >= 0.3 is 0 Å². The summed E-state index contributed by atoms with van der Waals surface area (Å²) in [5.41, 5.74) is 10.3. The molecule has 0 saturated heterocycles. The van der Waals surface area contributed by atoms with Crippen molar-refractivity contribution in [3.8, 4) is 18.6 Å². The molecule has 1 aromatic carbocycles. The van der Waals surface area contributed by atoms with Gasteiger partial charge in [-0.3, -0.25) is 0 Å². The quantitative estimate of drug-likeness (QED) is 0.789. The third-order valence-corrected chi connectivity index (χ3v) is 3.70. The molecule has 2 nitrogen and oxygen atoms in total. The summed E-state index contributed by atoms with van der Waals surface area (Å²) in [4.78, 5) is 0. The number of aryl methyl sites for hydroxylation is 1. The minimum absolute atomic E-state index is 0.696. The van der Waals surface area contributed by atoms with Crippen molar-refractivity contribution in [1.29, 1.82) is 0 Å². The van der Waals surface area contributed by atoms with Crippen LogP contribution in [0.25, 0.3) is 0 Å². The third kappa shape index (κ3) is 2.03. The Morgan fingerprint density at radius 1 is 1.29 bits per heavy atom. The second-order valence-corrected chi connectivity index (χ2v) is 4.53. The number of fused-ring (bicyclic) bond motifs is 3. The molecule has 0 unspecified atom stereocenters. The monoisotopic (exact) mass is 229 g/mol. The molecule has 17 heavy (non-hydrogen) atoms. The Hall–Kier alpha value is -1.46. The molecular weight excluding hydrogens is 210 g/mol. The standard InChI is InChI=1S/C13H17NO.C2H2/c14-7-5-10-2-1-9-3-4-12-11(13(9)10)6-8-15-12;1-2/h3-4,10H,1-2,5-8,14H2;1-2H/t10-;/m0./s1. The Balaban J connectivity index is 0.000000514. The smallest absolute Gasteiger partial charge is 0.122 e. The normalized spacial score (nSPS) is 19.8. The maximum atomic E-state index is 5.68. The molecule has 0 aromatic heterocycles. The van der Waals surface area contributed by atoms with Crippen LogP contribution in [0.4, 0.5) is 0 Å². The Morgan fingerprint density at radius 3 is 2.88 bits per heavy atom. The van der Waals surface area contributed by atoms with E-state index in [0.717, 1.165) is 31.7 Å². The van der Waals surface area contributed by atoms with Crippen molar-refractivity contribution in [2.75, 3.05) is 13.2 Å². The van der Waals surface area contributed by atoms with Gasteiger partial charge in [0, 0.05) is 12.0 Å². The molecule has 0 fully saturated rings. The highest BCUT2D eigenvalue weighted by Gasteiger charge is 2.28. The van der Waals surface area contributed by atoms with E-state index in [4.69, 9.17) is 10.5 Å². The molecule has 1 heterocycles. The van der Waals surface area contributed by atoms with Crippen LogP contribution in [0.5, 0.6) is 5.75 Å². The Bertz CT molecular complexity index is 420. The Labute approximate surface area is 103 Å². The van der Waals surface area contributed by atoms with Crippen LogP contribution in [0.1, 0.15) is 35.4 Å². The van der Waals surface area contributed by atoms with Crippen LogP contribution in [0.15, 0.2) is 12.1 Å². The molecule has 0 bridgehead atoms. The number of rotatable bonds is 2. The van der Waals surface area contributed by atoms with Crippen molar-refractivity contribution in [1.82, 2.24) is 0 Å². The first-order valence-electron chi connectivity index (χ1n) is 6.21. The summed E-state index contributed by atoms with van der Waals surface area (Å²) in [5, 5.41) is 0. The van der Waals surface area contributed by atoms with Gasteiger partial charge in [-0.15, -0.1) is 12.8 Å². The fourth-order valence-electron chi connectivity index (χ4n) is 3.04. The summed E-state index contributed by atoms with van der Waals surface area (Å²) < 4.78 is 5.62. The number of hydrogen-bond acceptors (Lipinski definition) is 2. The fourth-order valence-corrected chi connectivity index (χ4v) is 3.04. The van der Waals surface area contributed by atoms with Crippen molar-refractivity contribution in [3.63, 3.8) is 0 Å². The van der Waals surface area contributed by atoms with Crippen LogP contribution < -0.4 is 10.5 Å². The molecular formula is C15H19NO. The number of benzene rings is 1. The second-order valence-electron chi connectivity index (χ2n) is 4.53. The van der Waals surface area contributed by atoms with Gasteiger partial charge in [0.1, 0.15) is 5.75 Å². The summed E-state index contributed by atoms with van der Waals surface area (Å²) in [5.74, 6) is 1.82. The van der Waals surface area contributed by atoms with Gasteiger partial charge in [-0.2, -0.15) is 0 Å². The summed E-state index contributed by atoms with van der Waals surface area (Å²) in [7, 11) is 0. The zero-order valence-corrected chi connectivity index (χ0v) is 10.1. The summed E-state index contributed by atoms with van der Waals surface area (Å²) in [6.07, 6.45) is 12.7. The number of nitrogens with two attached hydrogens (primary N) is 1. The van der Waals surface area contributed by atoms with Crippen LogP contribution in [0.2, 0.25) is 0 Å². The van der Waals surface area contributed by atoms with Gasteiger partial charge in [0.15, 0.2) is 0 Å². The van der Waals surface area contributed by atoms with Crippen molar-refractivity contribution >= 4 is 0 Å². The van der Waals surface area contributed by atoms with Gasteiger partial charge in [-0.25, -0.2) is 0 Å². The molecule has 0 radical (unpaired) electrons. The van der Waals surface area contributed by atoms with E-state index in [2.05, 4.69) is 25.0 Å². The lowest BCUT2D eigenvalue weighted by molar-refractivity contribution is 0.357. The molecule has 0 amide bonds. The van der Waals surface area contributed by atoms with Gasteiger partial charge < -0.3 is 10.5 Å². The molecule has 90 valence electrons. The van der Waals surface area contributed by atoms with E-state index >= 15 is 0 Å². The average molecular weight is 229 g/mol. The van der Waals surface area contributed by atoms with E-state index in [9.17, 15) is 0 Å². The summed E-state index contributed by atoms with van der Waals surface area (Å²) >= 11 is 0. The molecule has 1 atom stereocenters. The largest absolute Gasteiger partial charge is 0.493 e. The predicted molar refractivity (Wildman–Crippen MR) is 70.3 cm³/mol. The molecule has 1 aliphatic heterocycles. The number of terminal acetylenes is 1. The van der Waals surface area contributed by atoms with Crippen LogP contribution in [-0.2, 0) is 12.8 Å². The SMILES string of the molecule is C#C.NCC[C@@H]1CCc2ccc3c(c21)CCO3. The van der Waals surface area contributed by atoms with Crippen LogP contribution >= 0.6 is 0 Å². The highest BCUT2D eigenvalue weighted by atomic mass is 16.5. The van der Waals surface area contributed by atoms with Crippen LogP contribution in [0, 0.1) is 12.8 Å². The Morgan fingerprint density at radius 2 is 2.12 bits per heavy atom. The predicted octanol–water partition coefficient (Wildman–Crippen LogP) is 2.25. The zero-order chi connectivity index (χ0) is 12.3. The lowest BCUT2D eigenvalue weighted by Gasteiger charge is -2.13. The molecule has 0 spiro atoms. The third-order valence-electron chi connectivity index (χ3n) is 3.70. The van der Waals surface area contributed by atoms with Crippen molar-refractivity contribution in [3.05, 3.63) is 28.8 Å². The van der Waals surface area contributed by atoms with E-state index in [1.54, 1.807) is 5.56 Å². The van der Waals surface area contributed by atoms with E-state index in [1.807, 2.05) is 0 Å². The van der Waals surface area contributed by atoms with Crippen molar-refractivity contribution in [2.45, 2.75) is 31.6 Å². The first kappa shape index (κ1) is 12.0. The molecule has 1 aliphatic carbocycles. The van der Waals surface area contributed by atoms with Gasteiger partial charge in [-0.05, 0) is 48.9 Å². The first-order valence-corrected chi connectivity index (χ1v) is 6.21. The van der Waals surface area contributed by atoms with E-state index in [0.29, 0.717) is 5.92 Å². The van der Waals surface area contributed by atoms with Gasteiger partial charge in [0.25, 0.3) is 0 Å². The van der Waals surface area contributed by atoms with Crippen LogP contribution in [0.3, 0.4) is 0 Å². The molecule has 3 rings (SSSR count). The summed E-state index contributed by atoms with van der Waals surface area (Å²) in [6, 6.07) is 4.39. The second kappa shape index (κ2) is 5.25. The zero-order valence-electron chi connectivity index (χ0n) is 10.1. The lowest BCUT2D eigenvalue weighted by atomic mass is 9.92. The highest BCUT2D eigenvalue weighted by molar-refractivity contribution is 5.51. The van der Waals surface area contributed by atoms with Crippen molar-refractivity contribution < 1.29 is 4.74 Å². The molecule has 2 aliphatic rings. The van der Waals surface area contributed by atoms with E-state index in [-0.39, 0.29) is 0 Å². The topological polar surface area (TPSA) is 35.2 Å². The maximum absolute atomic E-state index is 5.68. The Kier molecular flexibility index (Phi) is 3.71. The van der Waals surface area contributed by atoms with E-state index < -0.39 is 0 Å². The van der Waals surface area contributed by atoms with Gasteiger partial charge in [-0.1, -0.05) is 6.07 Å². The summed E-state index contributed by atoms with van der Waals surface area (Å²) in [6.45, 7) is 1.66. The molecule has 2 N–H and O–H groups in total. The minimum Gasteiger partial charge on any atom is -0.493 e. The van der Waals surface area contributed by atoms with Gasteiger partial charge in [0.05, 0.1) is 6.61 Å². The lowest BCUT2D eigenvalue weighted by Crippen LogP contribution is -2.06. The highest BCUT2D eigenvalue weighted by Crippen LogP contribution is 2.42. The number of ether oxygens (including phenoxy) is 1. The maximum Gasteiger partial charge on any atom is 0.122 e. The molecule has 1 aromatic rings. The molecule has 0 saturated carbocycles. The van der Waals surface area contributed by atoms with E-state index in [1.165, 1.54) is 24.0 Å². The average Bonchev–Trinajstić information content (AvgIpc) is 2.97. The van der Waals surface area contributed by atoms with Crippen LogP contribution in [-0.4, -0.2) is 13.2 Å². The minimum atomic E-state index is 0.696. The fraction of sp³-hybridized carbons (Fsp3) is 0.467. The molecule has 2 heteroatoms. The number of hydrogen-bond donors (Lipinski definition) is 1. The first-order chi connectivity index (χ1) is 8.40. The van der Waals surface area contributed by atoms with Crippen molar-refractivity contribution in [2.24, 2.45) is 5.73 Å².